The lowest BCUT2D eigenvalue weighted by atomic mass is 10.1. The van der Waals surface area contributed by atoms with Crippen molar-refractivity contribution >= 4 is 17.4 Å². The van der Waals surface area contributed by atoms with Gasteiger partial charge in [-0.15, -0.1) is 0 Å². The van der Waals surface area contributed by atoms with Crippen LogP contribution in [0.2, 0.25) is 0 Å². The van der Waals surface area contributed by atoms with E-state index in [2.05, 4.69) is 14.9 Å². The molecular weight excluding hydrogens is 392 g/mol. The van der Waals surface area contributed by atoms with Crippen LogP contribution in [-0.4, -0.2) is 63.4 Å². The van der Waals surface area contributed by atoms with E-state index in [1.54, 1.807) is 25.6 Å². The zero-order valence-corrected chi connectivity index (χ0v) is 17.2. The number of imidazole rings is 1. The van der Waals surface area contributed by atoms with Crippen LogP contribution in [0.15, 0.2) is 67.1 Å². The quantitative estimate of drug-likeness (QED) is 0.511. The molecule has 156 valence electrons. The van der Waals surface area contributed by atoms with Gasteiger partial charge < -0.3 is 14.5 Å². The van der Waals surface area contributed by atoms with Crippen LogP contribution in [0.25, 0.3) is 16.8 Å². The zero-order chi connectivity index (χ0) is 21.2. The summed E-state index contributed by atoms with van der Waals surface area (Å²) in [5, 5.41) is 0. The van der Waals surface area contributed by atoms with Crippen molar-refractivity contribution in [3.8, 4) is 17.0 Å². The third-order valence-corrected chi connectivity index (χ3v) is 5.51. The Hall–Kier alpha value is -3.94. The van der Waals surface area contributed by atoms with Gasteiger partial charge in [-0.1, -0.05) is 6.07 Å². The Balaban J connectivity index is 1.42. The van der Waals surface area contributed by atoms with Crippen molar-refractivity contribution in [2.75, 3.05) is 38.2 Å². The summed E-state index contributed by atoms with van der Waals surface area (Å²) in [5.74, 6) is 1.83. The van der Waals surface area contributed by atoms with Crippen LogP contribution in [0.5, 0.6) is 5.75 Å². The van der Waals surface area contributed by atoms with E-state index in [-0.39, 0.29) is 5.91 Å². The average Bonchev–Trinajstić information content (AvgIpc) is 3.24. The molecule has 0 unspecified atom stereocenters. The largest absolute Gasteiger partial charge is 0.497 e. The molecule has 8 heteroatoms. The topological polar surface area (TPSA) is 75.9 Å². The maximum absolute atomic E-state index is 13.4. The van der Waals surface area contributed by atoms with Crippen LogP contribution >= 0.6 is 0 Å². The number of rotatable bonds is 4. The molecule has 0 N–H and O–H groups in total. The molecular formula is C23H22N6O2. The van der Waals surface area contributed by atoms with E-state index in [4.69, 9.17) is 9.72 Å². The second kappa shape index (κ2) is 8.06. The molecule has 1 amide bonds. The summed E-state index contributed by atoms with van der Waals surface area (Å²) in [7, 11) is 1.64. The van der Waals surface area contributed by atoms with E-state index in [0.29, 0.717) is 38.0 Å². The van der Waals surface area contributed by atoms with Gasteiger partial charge in [-0.05, 0) is 42.5 Å². The number of fused-ring (bicyclic) bond motifs is 1. The minimum atomic E-state index is -0.0745. The van der Waals surface area contributed by atoms with Gasteiger partial charge in [-0.3, -0.25) is 9.20 Å². The molecule has 1 fully saturated rings. The van der Waals surface area contributed by atoms with E-state index in [0.717, 1.165) is 22.5 Å². The summed E-state index contributed by atoms with van der Waals surface area (Å²) in [4.78, 5) is 30.7. The number of hydrogen-bond acceptors (Lipinski definition) is 6. The summed E-state index contributed by atoms with van der Waals surface area (Å²) in [5.41, 5.74) is 2.62. The van der Waals surface area contributed by atoms with Gasteiger partial charge in [-0.25, -0.2) is 15.0 Å². The normalized spacial score (nSPS) is 14.1. The number of nitrogens with zero attached hydrogens (tertiary/aromatic N) is 6. The molecule has 31 heavy (non-hydrogen) atoms. The molecule has 5 rings (SSSR count). The Labute approximate surface area is 179 Å². The average molecular weight is 414 g/mol. The van der Waals surface area contributed by atoms with Crippen molar-refractivity contribution in [1.29, 1.82) is 0 Å². The second-order valence-electron chi connectivity index (χ2n) is 7.30. The van der Waals surface area contributed by atoms with E-state index in [9.17, 15) is 4.79 Å². The summed E-state index contributed by atoms with van der Waals surface area (Å²) in [6, 6.07) is 15.4. The van der Waals surface area contributed by atoms with Gasteiger partial charge >= 0.3 is 0 Å². The lowest BCUT2D eigenvalue weighted by Gasteiger charge is -2.34. The fraction of sp³-hybridized carbons (Fsp3) is 0.217. The Morgan fingerprint density at radius 2 is 1.68 bits per heavy atom. The predicted octanol–water partition coefficient (Wildman–Crippen LogP) is 2.76. The van der Waals surface area contributed by atoms with E-state index >= 15 is 0 Å². The van der Waals surface area contributed by atoms with Gasteiger partial charge in [0, 0.05) is 50.3 Å². The van der Waals surface area contributed by atoms with Crippen molar-refractivity contribution in [1.82, 2.24) is 24.3 Å². The van der Waals surface area contributed by atoms with Gasteiger partial charge in [0.2, 0.25) is 11.8 Å². The number of carbonyl (C=O) groups is 1. The third kappa shape index (κ3) is 3.56. The SMILES string of the molecule is COc1ccc(-c2nc(C(=O)N3CCN(c4ncccn4)CC3)n3ccccc23)cc1. The van der Waals surface area contributed by atoms with Gasteiger partial charge in [0.05, 0.1) is 18.3 Å². The molecule has 0 bridgehead atoms. The first-order valence-corrected chi connectivity index (χ1v) is 10.2. The molecule has 8 nitrogen and oxygen atoms in total. The lowest BCUT2D eigenvalue weighted by Crippen LogP contribution is -2.49. The molecule has 0 atom stereocenters. The van der Waals surface area contributed by atoms with E-state index < -0.39 is 0 Å². The molecule has 3 aromatic heterocycles. The highest BCUT2D eigenvalue weighted by atomic mass is 16.5. The highest BCUT2D eigenvalue weighted by Gasteiger charge is 2.27. The number of piperazine rings is 1. The van der Waals surface area contributed by atoms with Crippen LogP contribution in [0.4, 0.5) is 5.95 Å². The summed E-state index contributed by atoms with van der Waals surface area (Å²) in [6.07, 6.45) is 5.35. The maximum Gasteiger partial charge on any atom is 0.290 e. The molecule has 0 saturated carbocycles. The second-order valence-corrected chi connectivity index (χ2v) is 7.30. The standard InChI is InChI=1S/C23H22N6O2/c1-31-18-8-6-17(7-9-18)20-19-5-2-3-12-29(19)21(26-20)22(30)27-13-15-28(16-14-27)23-24-10-4-11-25-23/h2-12H,13-16H2,1H3. The summed E-state index contributed by atoms with van der Waals surface area (Å²) in [6.45, 7) is 2.56. The molecule has 1 aliphatic rings. The fourth-order valence-electron chi connectivity index (χ4n) is 3.86. The Kier molecular flexibility index (Phi) is 4.95. The number of carbonyl (C=O) groups excluding carboxylic acids is 1. The molecule has 0 radical (unpaired) electrons. The van der Waals surface area contributed by atoms with Gasteiger partial charge in [0.15, 0.2) is 0 Å². The Bertz CT molecular complexity index is 1200. The molecule has 1 aromatic carbocycles. The minimum absolute atomic E-state index is 0.0745. The van der Waals surface area contributed by atoms with E-state index in [1.165, 1.54) is 0 Å². The predicted molar refractivity (Wildman–Crippen MR) is 117 cm³/mol. The minimum Gasteiger partial charge on any atom is -0.497 e. The summed E-state index contributed by atoms with van der Waals surface area (Å²) < 4.78 is 7.13. The van der Waals surface area contributed by atoms with Gasteiger partial charge in [-0.2, -0.15) is 0 Å². The number of hydrogen-bond donors (Lipinski definition) is 0. The first kappa shape index (κ1) is 19.0. The van der Waals surface area contributed by atoms with Crippen molar-refractivity contribution in [2.24, 2.45) is 0 Å². The number of anilines is 1. The fourth-order valence-corrected chi connectivity index (χ4v) is 3.86. The molecule has 4 aromatic rings. The molecule has 1 saturated heterocycles. The molecule has 0 spiro atoms. The first-order valence-electron chi connectivity index (χ1n) is 10.2. The van der Waals surface area contributed by atoms with Gasteiger partial charge in [0.25, 0.3) is 5.91 Å². The lowest BCUT2D eigenvalue weighted by molar-refractivity contribution is 0.0733. The van der Waals surface area contributed by atoms with Crippen LogP contribution in [-0.2, 0) is 0 Å². The van der Waals surface area contributed by atoms with Crippen LogP contribution < -0.4 is 9.64 Å². The third-order valence-electron chi connectivity index (χ3n) is 5.51. The zero-order valence-electron chi connectivity index (χ0n) is 17.2. The Morgan fingerprint density at radius 1 is 0.935 bits per heavy atom. The van der Waals surface area contributed by atoms with Crippen molar-refractivity contribution in [3.05, 3.63) is 72.9 Å². The number of pyridine rings is 1. The highest BCUT2D eigenvalue weighted by Crippen LogP contribution is 2.27. The van der Waals surface area contributed by atoms with Crippen molar-refractivity contribution in [3.63, 3.8) is 0 Å². The number of aromatic nitrogens is 4. The van der Waals surface area contributed by atoms with Crippen LogP contribution in [0.1, 0.15) is 10.6 Å². The van der Waals surface area contributed by atoms with Gasteiger partial charge in [0.1, 0.15) is 5.75 Å². The number of amides is 1. The molecule has 0 aliphatic carbocycles. The van der Waals surface area contributed by atoms with Crippen LogP contribution in [0, 0.1) is 0 Å². The van der Waals surface area contributed by atoms with Crippen molar-refractivity contribution in [2.45, 2.75) is 0 Å². The van der Waals surface area contributed by atoms with E-state index in [1.807, 2.05) is 58.0 Å². The highest BCUT2D eigenvalue weighted by molar-refractivity contribution is 5.94. The molecule has 4 heterocycles. The number of benzene rings is 1. The number of ether oxygens (including phenoxy) is 1. The monoisotopic (exact) mass is 414 g/mol. The number of methoxy groups -OCH3 is 1. The smallest absolute Gasteiger partial charge is 0.290 e. The summed E-state index contributed by atoms with van der Waals surface area (Å²) >= 11 is 0. The maximum atomic E-state index is 13.4. The first-order chi connectivity index (χ1) is 15.2. The van der Waals surface area contributed by atoms with Crippen molar-refractivity contribution < 1.29 is 9.53 Å². The Morgan fingerprint density at radius 3 is 2.39 bits per heavy atom. The molecule has 1 aliphatic heterocycles. The van der Waals surface area contributed by atoms with Crippen LogP contribution in [0.3, 0.4) is 0 Å².